The van der Waals surface area contributed by atoms with Crippen LogP contribution in [0.3, 0.4) is 0 Å². The van der Waals surface area contributed by atoms with Gasteiger partial charge in [-0.05, 0) is 49.0 Å². The van der Waals surface area contributed by atoms with Crippen LogP contribution in [0.1, 0.15) is 39.2 Å². The molecule has 0 spiro atoms. The molecule has 1 aromatic rings. The van der Waals surface area contributed by atoms with E-state index in [1.165, 1.54) is 28.8 Å². The molecule has 2 rings (SSSR count). The van der Waals surface area contributed by atoms with Gasteiger partial charge in [-0.25, -0.2) is 0 Å². The molecule has 96 valence electrons. The van der Waals surface area contributed by atoms with Crippen LogP contribution in [-0.2, 0) is 0 Å². The fourth-order valence-electron chi connectivity index (χ4n) is 2.21. The molecule has 1 N–H and O–H groups in total. The SMILES string of the molecule is CC1=CCCC(c2ccc(NCC(C)C)cc2)=C1. The molecule has 1 aliphatic carbocycles. The Balaban J connectivity index is 2.06. The molecule has 0 saturated heterocycles. The second kappa shape index (κ2) is 5.90. The molecule has 1 aromatic carbocycles. The Labute approximate surface area is 111 Å². The first-order chi connectivity index (χ1) is 8.65. The highest BCUT2D eigenvalue weighted by Gasteiger charge is 2.05. The Morgan fingerprint density at radius 2 is 1.89 bits per heavy atom. The number of rotatable bonds is 4. The molecule has 1 heteroatoms. The molecule has 0 radical (unpaired) electrons. The maximum atomic E-state index is 3.45. The van der Waals surface area contributed by atoms with Crippen molar-refractivity contribution in [2.75, 3.05) is 11.9 Å². The van der Waals surface area contributed by atoms with Crippen molar-refractivity contribution in [2.24, 2.45) is 5.92 Å². The lowest BCUT2D eigenvalue weighted by Gasteiger charge is -2.13. The van der Waals surface area contributed by atoms with Gasteiger partial charge in [0.25, 0.3) is 0 Å². The van der Waals surface area contributed by atoms with Gasteiger partial charge in [0.15, 0.2) is 0 Å². The van der Waals surface area contributed by atoms with Crippen LogP contribution in [0.2, 0.25) is 0 Å². The summed E-state index contributed by atoms with van der Waals surface area (Å²) in [5.74, 6) is 0.679. The van der Waals surface area contributed by atoms with Crippen molar-refractivity contribution in [3.8, 4) is 0 Å². The Morgan fingerprint density at radius 3 is 2.50 bits per heavy atom. The predicted molar refractivity (Wildman–Crippen MR) is 80.7 cm³/mol. The highest BCUT2D eigenvalue weighted by Crippen LogP contribution is 2.27. The van der Waals surface area contributed by atoms with Crippen LogP contribution in [0.25, 0.3) is 5.57 Å². The maximum absolute atomic E-state index is 3.45. The first kappa shape index (κ1) is 12.9. The van der Waals surface area contributed by atoms with Crippen LogP contribution >= 0.6 is 0 Å². The maximum Gasteiger partial charge on any atom is 0.0340 e. The van der Waals surface area contributed by atoms with E-state index in [1.807, 2.05) is 0 Å². The standard InChI is InChI=1S/C17H23N/c1-13(2)12-18-17-9-7-15(8-10-17)16-6-4-5-14(3)11-16/h5,7-11,13,18H,4,6,12H2,1-3H3. The van der Waals surface area contributed by atoms with E-state index in [0.29, 0.717) is 5.92 Å². The molecular formula is C17H23N. The zero-order valence-corrected chi connectivity index (χ0v) is 11.7. The smallest absolute Gasteiger partial charge is 0.0340 e. The quantitative estimate of drug-likeness (QED) is 0.792. The summed E-state index contributed by atoms with van der Waals surface area (Å²) in [4.78, 5) is 0. The van der Waals surface area contributed by atoms with Crippen molar-refractivity contribution in [3.63, 3.8) is 0 Å². The van der Waals surface area contributed by atoms with Crippen LogP contribution < -0.4 is 5.32 Å². The summed E-state index contributed by atoms with van der Waals surface area (Å²) in [5, 5.41) is 3.45. The summed E-state index contributed by atoms with van der Waals surface area (Å²) in [6.45, 7) is 7.66. The van der Waals surface area contributed by atoms with Crippen molar-refractivity contribution in [2.45, 2.75) is 33.6 Å². The van der Waals surface area contributed by atoms with Crippen LogP contribution in [0.15, 0.2) is 42.0 Å². The van der Waals surface area contributed by atoms with Gasteiger partial charge in [0.05, 0.1) is 0 Å². The lowest BCUT2D eigenvalue weighted by molar-refractivity contribution is 0.689. The minimum absolute atomic E-state index is 0.679. The van der Waals surface area contributed by atoms with E-state index in [0.717, 1.165) is 13.0 Å². The highest BCUT2D eigenvalue weighted by molar-refractivity contribution is 5.70. The van der Waals surface area contributed by atoms with Gasteiger partial charge in [0.2, 0.25) is 0 Å². The van der Waals surface area contributed by atoms with Gasteiger partial charge >= 0.3 is 0 Å². The fraction of sp³-hybridized carbons (Fsp3) is 0.412. The molecule has 0 fully saturated rings. The van der Waals surface area contributed by atoms with E-state index < -0.39 is 0 Å². The summed E-state index contributed by atoms with van der Waals surface area (Å²) in [7, 11) is 0. The Hall–Kier alpha value is -1.50. The van der Waals surface area contributed by atoms with Crippen LogP contribution in [0, 0.1) is 5.92 Å². The van der Waals surface area contributed by atoms with E-state index in [1.54, 1.807) is 0 Å². The average Bonchev–Trinajstić information content (AvgIpc) is 2.37. The monoisotopic (exact) mass is 241 g/mol. The van der Waals surface area contributed by atoms with Crippen molar-refractivity contribution in [1.29, 1.82) is 0 Å². The zero-order valence-electron chi connectivity index (χ0n) is 11.7. The molecule has 1 aliphatic rings. The van der Waals surface area contributed by atoms with E-state index in [4.69, 9.17) is 0 Å². The normalized spacial score (nSPS) is 15.3. The zero-order chi connectivity index (χ0) is 13.0. The first-order valence-electron chi connectivity index (χ1n) is 6.87. The van der Waals surface area contributed by atoms with E-state index in [2.05, 4.69) is 62.5 Å². The summed E-state index contributed by atoms with van der Waals surface area (Å²) >= 11 is 0. The number of hydrogen-bond acceptors (Lipinski definition) is 1. The molecule has 0 bridgehead atoms. The molecule has 0 atom stereocenters. The Kier molecular flexibility index (Phi) is 4.24. The molecule has 1 nitrogen and oxygen atoms in total. The van der Waals surface area contributed by atoms with Crippen molar-refractivity contribution < 1.29 is 0 Å². The predicted octanol–water partition coefficient (Wildman–Crippen LogP) is 4.88. The number of benzene rings is 1. The summed E-state index contributed by atoms with van der Waals surface area (Å²) in [6, 6.07) is 8.83. The van der Waals surface area contributed by atoms with Gasteiger partial charge in [-0.3, -0.25) is 0 Å². The van der Waals surface area contributed by atoms with Crippen molar-refractivity contribution in [3.05, 3.63) is 47.6 Å². The minimum Gasteiger partial charge on any atom is -0.385 e. The Bertz CT molecular complexity index is 449. The van der Waals surface area contributed by atoms with Gasteiger partial charge in [0, 0.05) is 12.2 Å². The molecule has 0 amide bonds. The summed E-state index contributed by atoms with van der Waals surface area (Å²) < 4.78 is 0. The van der Waals surface area contributed by atoms with E-state index >= 15 is 0 Å². The number of hydrogen-bond donors (Lipinski definition) is 1. The van der Waals surface area contributed by atoms with Gasteiger partial charge in [-0.2, -0.15) is 0 Å². The number of allylic oxidation sites excluding steroid dienone is 4. The Morgan fingerprint density at radius 1 is 1.17 bits per heavy atom. The van der Waals surface area contributed by atoms with Crippen molar-refractivity contribution >= 4 is 11.3 Å². The van der Waals surface area contributed by atoms with E-state index in [9.17, 15) is 0 Å². The summed E-state index contributed by atoms with van der Waals surface area (Å²) in [5.41, 5.74) is 5.43. The lowest BCUT2D eigenvalue weighted by Crippen LogP contribution is -2.07. The number of nitrogens with one attached hydrogen (secondary N) is 1. The number of anilines is 1. The summed E-state index contributed by atoms with van der Waals surface area (Å²) in [6.07, 6.45) is 6.95. The van der Waals surface area contributed by atoms with Gasteiger partial charge in [0.1, 0.15) is 0 Å². The van der Waals surface area contributed by atoms with Crippen LogP contribution in [0.5, 0.6) is 0 Å². The molecule has 0 aromatic heterocycles. The van der Waals surface area contributed by atoms with Crippen molar-refractivity contribution in [1.82, 2.24) is 0 Å². The van der Waals surface area contributed by atoms with E-state index in [-0.39, 0.29) is 0 Å². The molecule has 0 heterocycles. The fourth-order valence-corrected chi connectivity index (χ4v) is 2.21. The third-order valence-electron chi connectivity index (χ3n) is 3.25. The van der Waals surface area contributed by atoms with Gasteiger partial charge in [-0.15, -0.1) is 0 Å². The topological polar surface area (TPSA) is 12.0 Å². The molecule has 0 saturated carbocycles. The first-order valence-corrected chi connectivity index (χ1v) is 6.87. The third kappa shape index (κ3) is 3.49. The molecule has 18 heavy (non-hydrogen) atoms. The van der Waals surface area contributed by atoms with Crippen LogP contribution in [-0.4, -0.2) is 6.54 Å². The lowest BCUT2D eigenvalue weighted by atomic mass is 9.94. The van der Waals surface area contributed by atoms with Gasteiger partial charge in [-0.1, -0.05) is 43.7 Å². The second-order valence-corrected chi connectivity index (χ2v) is 5.51. The minimum atomic E-state index is 0.679. The molecule has 0 unspecified atom stereocenters. The average molecular weight is 241 g/mol. The largest absolute Gasteiger partial charge is 0.385 e. The molecular weight excluding hydrogens is 218 g/mol. The third-order valence-corrected chi connectivity index (χ3v) is 3.25. The van der Waals surface area contributed by atoms with Crippen LogP contribution in [0.4, 0.5) is 5.69 Å². The molecule has 0 aliphatic heterocycles. The van der Waals surface area contributed by atoms with Gasteiger partial charge < -0.3 is 5.32 Å². The highest BCUT2D eigenvalue weighted by atomic mass is 14.9. The second-order valence-electron chi connectivity index (χ2n) is 5.51.